The molecule has 3 aromatic heterocycles. The molecule has 0 fully saturated rings. The second-order valence-electron chi connectivity index (χ2n) is 17.1. The van der Waals surface area contributed by atoms with Gasteiger partial charge >= 0.3 is 0 Å². The minimum atomic E-state index is 0.705. The lowest BCUT2D eigenvalue weighted by Gasteiger charge is -2.15. The molecule has 312 valence electrons. The molecule has 4 nitrogen and oxygen atoms in total. The number of rotatable bonds is 7. The number of para-hydroxylation sites is 3. The van der Waals surface area contributed by atoms with Crippen LogP contribution in [0.25, 0.3) is 127 Å². The van der Waals surface area contributed by atoms with E-state index in [9.17, 15) is 0 Å². The molecule has 0 saturated carbocycles. The SMILES string of the molecule is c1ccc(-c2cc(-c3ccc(-c4ccc(-c5cccc6c5nc(-c5ccccc5)c5cc7c8ccccc8n(-c8ccccc8)c7cc56)cc4)c4ccccc34)nc(-c3ccccc3)n2)cc1. The van der Waals surface area contributed by atoms with Crippen LogP contribution in [0.3, 0.4) is 0 Å². The van der Waals surface area contributed by atoms with Gasteiger partial charge in [0.2, 0.25) is 0 Å². The van der Waals surface area contributed by atoms with Gasteiger partial charge in [0.1, 0.15) is 0 Å². The zero-order chi connectivity index (χ0) is 44.3. The summed E-state index contributed by atoms with van der Waals surface area (Å²) in [7, 11) is 0. The summed E-state index contributed by atoms with van der Waals surface area (Å²) in [6.45, 7) is 0. The van der Waals surface area contributed by atoms with Crippen molar-refractivity contribution in [1.29, 1.82) is 0 Å². The molecule has 10 aromatic carbocycles. The van der Waals surface area contributed by atoms with E-state index in [1.165, 1.54) is 32.6 Å². The lowest BCUT2D eigenvalue weighted by molar-refractivity contribution is 1.18. The van der Waals surface area contributed by atoms with Gasteiger partial charge in [-0.05, 0) is 69.2 Å². The normalized spacial score (nSPS) is 11.6. The molecule has 0 unspecified atom stereocenters. The maximum atomic E-state index is 5.60. The topological polar surface area (TPSA) is 43.6 Å². The first-order valence-electron chi connectivity index (χ1n) is 22.8. The predicted octanol–water partition coefficient (Wildman–Crippen LogP) is 16.4. The number of fused-ring (bicyclic) bond motifs is 7. The first kappa shape index (κ1) is 38.5. The Balaban J connectivity index is 0.953. The van der Waals surface area contributed by atoms with Crippen molar-refractivity contribution >= 4 is 54.3 Å². The standard InChI is InChI=1S/C63H40N4/c1-5-18-43(19-6-1)57-40-58(65-63(64-57)45-22-9-3-10-23-45)51-37-36-47(49-26-13-14-27-50(49)51)41-32-34-42(35-33-41)48-29-17-30-53-54-39-60-55(38-56(54)61(66-62(48)53)44-20-7-2-8-21-44)52-28-15-16-31-59(52)67(60)46-24-11-4-12-25-46/h1-40H. The molecule has 4 heteroatoms. The Labute approximate surface area is 387 Å². The second kappa shape index (κ2) is 15.9. The van der Waals surface area contributed by atoms with Gasteiger partial charge in [-0.25, -0.2) is 15.0 Å². The van der Waals surface area contributed by atoms with Crippen LogP contribution >= 0.6 is 0 Å². The van der Waals surface area contributed by atoms with Crippen LogP contribution in [0.1, 0.15) is 0 Å². The van der Waals surface area contributed by atoms with Crippen LogP contribution in [0.2, 0.25) is 0 Å². The van der Waals surface area contributed by atoms with Gasteiger partial charge in [-0.1, -0.05) is 206 Å². The summed E-state index contributed by atoms with van der Waals surface area (Å²) < 4.78 is 2.40. The van der Waals surface area contributed by atoms with E-state index in [-0.39, 0.29) is 0 Å². The van der Waals surface area contributed by atoms with Crippen molar-refractivity contribution in [3.05, 3.63) is 243 Å². The lowest BCUT2D eigenvalue weighted by atomic mass is 9.91. The van der Waals surface area contributed by atoms with E-state index in [1.54, 1.807) is 0 Å². The van der Waals surface area contributed by atoms with Crippen LogP contribution in [-0.2, 0) is 0 Å². The summed E-state index contributed by atoms with van der Waals surface area (Å²) in [5.74, 6) is 0.705. The van der Waals surface area contributed by atoms with E-state index in [0.717, 1.165) is 89.0 Å². The Morgan fingerprint density at radius 2 is 0.821 bits per heavy atom. The zero-order valence-electron chi connectivity index (χ0n) is 36.4. The van der Waals surface area contributed by atoms with Crippen LogP contribution in [0.15, 0.2) is 243 Å². The minimum absolute atomic E-state index is 0.705. The molecule has 67 heavy (non-hydrogen) atoms. The van der Waals surface area contributed by atoms with Crippen molar-refractivity contribution in [3.8, 4) is 73.1 Å². The molecule has 0 bridgehead atoms. The number of aromatic nitrogens is 4. The molecule has 0 saturated heterocycles. The third-order valence-electron chi connectivity index (χ3n) is 13.2. The van der Waals surface area contributed by atoms with Gasteiger partial charge in [0.05, 0.1) is 33.6 Å². The van der Waals surface area contributed by atoms with Crippen molar-refractivity contribution in [1.82, 2.24) is 19.5 Å². The van der Waals surface area contributed by atoms with Gasteiger partial charge in [0.15, 0.2) is 5.82 Å². The maximum Gasteiger partial charge on any atom is 0.160 e. The molecular formula is C63H40N4. The molecule has 0 amide bonds. The smallest absolute Gasteiger partial charge is 0.160 e. The van der Waals surface area contributed by atoms with Crippen LogP contribution in [0.4, 0.5) is 0 Å². The van der Waals surface area contributed by atoms with Crippen LogP contribution in [0, 0.1) is 0 Å². The molecule has 0 aliphatic heterocycles. The van der Waals surface area contributed by atoms with Crippen LogP contribution in [-0.4, -0.2) is 19.5 Å². The first-order chi connectivity index (χ1) is 33.2. The monoisotopic (exact) mass is 852 g/mol. The maximum absolute atomic E-state index is 5.60. The number of hydrogen-bond acceptors (Lipinski definition) is 3. The molecule has 3 heterocycles. The van der Waals surface area contributed by atoms with Gasteiger partial charge in [0.25, 0.3) is 0 Å². The fourth-order valence-electron chi connectivity index (χ4n) is 10.1. The quantitative estimate of drug-likeness (QED) is 0.150. The van der Waals surface area contributed by atoms with Gasteiger partial charge < -0.3 is 4.57 Å². The molecular weight excluding hydrogens is 813 g/mol. The van der Waals surface area contributed by atoms with E-state index in [1.807, 2.05) is 24.3 Å². The molecule has 0 radical (unpaired) electrons. The van der Waals surface area contributed by atoms with E-state index >= 15 is 0 Å². The summed E-state index contributed by atoms with van der Waals surface area (Å²) in [5.41, 5.74) is 16.0. The average molecular weight is 853 g/mol. The molecule has 0 spiro atoms. The number of hydrogen-bond donors (Lipinski definition) is 0. The fraction of sp³-hybridized carbons (Fsp3) is 0. The Morgan fingerprint density at radius 1 is 0.269 bits per heavy atom. The highest BCUT2D eigenvalue weighted by molar-refractivity contribution is 6.21. The Kier molecular flexibility index (Phi) is 9.14. The van der Waals surface area contributed by atoms with Gasteiger partial charge in [-0.3, -0.25) is 0 Å². The van der Waals surface area contributed by atoms with Crippen molar-refractivity contribution in [2.24, 2.45) is 0 Å². The summed E-state index contributed by atoms with van der Waals surface area (Å²) in [4.78, 5) is 15.8. The molecule has 0 aliphatic carbocycles. The zero-order valence-corrected chi connectivity index (χ0v) is 36.4. The summed E-state index contributed by atoms with van der Waals surface area (Å²) in [5, 5.41) is 8.18. The lowest BCUT2D eigenvalue weighted by Crippen LogP contribution is -1.96. The highest BCUT2D eigenvalue weighted by Gasteiger charge is 2.20. The third-order valence-corrected chi connectivity index (χ3v) is 13.2. The molecule has 0 aliphatic rings. The molecule has 13 rings (SSSR count). The second-order valence-corrected chi connectivity index (χ2v) is 17.1. The minimum Gasteiger partial charge on any atom is -0.309 e. The van der Waals surface area contributed by atoms with Gasteiger partial charge in [-0.15, -0.1) is 0 Å². The molecule has 0 atom stereocenters. The molecule has 13 aromatic rings. The summed E-state index contributed by atoms with van der Waals surface area (Å²) in [6, 6.07) is 86.3. The third kappa shape index (κ3) is 6.57. The van der Waals surface area contributed by atoms with Gasteiger partial charge in [0, 0.05) is 55.0 Å². The van der Waals surface area contributed by atoms with E-state index in [2.05, 4.69) is 223 Å². The summed E-state index contributed by atoms with van der Waals surface area (Å²) >= 11 is 0. The Morgan fingerprint density at radius 3 is 1.54 bits per heavy atom. The predicted molar refractivity (Wildman–Crippen MR) is 279 cm³/mol. The first-order valence-corrected chi connectivity index (χ1v) is 22.8. The van der Waals surface area contributed by atoms with Crippen molar-refractivity contribution in [2.75, 3.05) is 0 Å². The van der Waals surface area contributed by atoms with E-state index < -0.39 is 0 Å². The fourth-order valence-corrected chi connectivity index (χ4v) is 10.1. The van der Waals surface area contributed by atoms with Crippen molar-refractivity contribution in [2.45, 2.75) is 0 Å². The van der Waals surface area contributed by atoms with Crippen molar-refractivity contribution < 1.29 is 0 Å². The Bertz CT molecular complexity index is 3940. The summed E-state index contributed by atoms with van der Waals surface area (Å²) in [6.07, 6.45) is 0. The Hall–Kier alpha value is -8.99. The highest BCUT2D eigenvalue weighted by Crippen LogP contribution is 2.43. The van der Waals surface area contributed by atoms with E-state index in [0.29, 0.717) is 5.82 Å². The number of pyridine rings is 1. The number of nitrogens with zero attached hydrogens (tertiary/aromatic N) is 4. The average Bonchev–Trinajstić information content (AvgIpc) is 3.73. The largest absolute Gasteiger partial charge is 0.309 e. The number of benzene rings is 10. The molecule has 0 N–H and O–H groups in total. The van der Waals surface area contributed by atoms with Crippen LogP contribution < -0.4 is 0 Å². The van der Waals surface area contributed by atoms with Gasteiger partial charge in [-0.2, -0.15) is 0 Å². The van der Waals surface area contributed by atoms with Crippen molar-refractivity contribution in [3.63, 3.8) is 0 Å². The van der Waals surface area contributed by atoms with E-state index in [4.69, 9.17) is 15.0 Å². The van der Waals surface area contributed by atoms with Crippen LogP contribution in [0.5, 0.6) is 0 Å². The highest BCUT2D eigenvalue weighted by atomic mass is 15.0.